The first-order valence-corrected chi connectivity index (χ1v) is 7.07. The van der Waals surface area contributed by atoms with Crippen LogP contribution in [0.1, 0.15) is 35.8 Å². The third kappa shape index (κ3) is 2.43. The molecule has 20 heavy (non-hydrogen) atoms. The Balaban J connectivity index is 1.93. The number of halogens is 1. The molecule has 2 aromatic rings. The molecule has 0 saturated carbocycles. The summed E-state index contributed by atoms with van der Waals surface area (Å²) in [6.07, 6.45) is 3.12. The number of aromatic nitrogens is 2. The number of nitrogens with zero attached hydrogens (tertiary/aromatic N) is 2. The third-order valence-electron chi connectivity index (χ3n) is 3.64. The van der Waals surface area contributed by atoms with Crippen molar-refractivity contribution in [1.82, 2.24) is 9.97 Å². The van der Waals surface area contributed by atoms with Gasteiger partial charge in [-0.05, 0) is 48.9 Å². The zero-order chi connectivity index (χ0) is 14.1. The second-order valence-corrected chi connectivity index (χ2v) is 5.33. The quantitative estimate of drug-likeness (QED) is 0.860. The van der Waals surface area contributed by atoms with Crippen molar-refractivity contribution in [3.8, 4) is 5.88 Å². The van der Waals surface area contributed by atoms with Gasteiger partial charge in [-0.15, -0.1) is 0 Å². The minimum Gasteiger partial charge on any atom is -0.468 e. The van der Waals surface area contributed by atoms with Crippen molar-refractivity contribution in [3.05, 3.63) is 46.4 Å². The normalized spacial score (nSPS) is 17.6. The van der Waals surface area contributed by atoms with Gasteiger partial charge in [-0.1, -0.05) is 24.3 Å². The molecule has 1 atom stereocenters. The lowest BCUT2D eigenvalue weighted by atomic mass is 9.89. The maximum Gasteiger partial charge on any atom is 0.242 e. The van der Waals surface area contributed by atoms with Gasteiger partial charge in [-0.25, -0.2) is 4.98 Å². The Kier molecular flexibility index (Phi) is 3.49. The smallest absolute Gasteiger partial charge is 0.242 e. The summed E-state index contributed by atoms with van der Waals surface area (Å²) in [5, 5.41) is 0.163. The molecule has 0 radical (unpaired) electrons. The van der Waals surface area contributed by atoms with E-state index in [1.807, 2.05) is 6.07 Å². The molecule has 1 aliphatic carbocycles. The molecule has 2 N–H and O–H groups in total. The van der Waals surface area contributed by atoms with Crippen LogP contribution in [0.2, 0.25) is 5.28 Å². The molecule has 1 heterocycles. The Bertz CT molecular complexity index is 645. The van der Waals surface area contributed by atoms with Crippen molar-refractivity contribution >= 4 is 17.3 Å². The molecular formula is C15H16ClN3O. The van der Waals surface area contributed by atoms with E-state index in [4.69, 9.17) is 22.1 Å². The van der Waals surface area contributed by atoms with Crippen molar-refractivity contribution < 1.29 is 4.74 Å². The molecule has 4 nitrogen and oxygen atoms in total. The second kappa shape index (κ2) is 5.29. The summed E-state index contributed by atoms with van der Waals surface area (Å²) in [5.74, 6) is 0.379. The van der Waals surface area contributed by atoms with Crippen LogP contribution in [-0.2, 0) is 6.42 Å². The summed E-state index contributed by atoms with van der Waals surface area (Å²) in [5.41, 5.74) is 9.62. The van der Waals surface area contributed by atoms with Crippen molar-refractivity contribution in [2.24, 2.45) is 0 Å². The molecule has 0 bridgehead atoms. The summed E-state index contributed by atoms with van der Waals surface area (Å²) in [7, 11) is 0. The van der Waals surface area contributed by atoms with Crippen LogP contribution in [0.25, 0.3) is 0 Å². The highest BCUT2D eigenvalue weighted by Crippen LogP contribution is 2.35. The number of nitrogens with two attached hydrogens (primary N) is 1. The van der Waals surface area contributed by atoms with E-state index >= 15 is 0 Å². The van der Waals surface area contributed by atoms with E-state index < -0.39 is 0 Å². The molecule has 0 spiro atoms. The van der Waals surface area contributed by atoms with Gasteiger partial charge in [0.25, 0.3) is 0 Å². The highest BCUT2D eigenvalue weighted by molar-refractivity contribution is 6.28. The van der Waals surface area contributed by atoms with Crippen LogP contribution in [0.4, 0.5) is 5.69 Å². The maximum atomic E-state index is 6.01. The van der Waals surface area contributed by atoms with Gasteiger partial charge in [0, 0.05) is 0 Å². The number of rotatable bonds is 2. The van der Waals surface area contributed by atoms with Crippen LogP contribution in [0.15, 0.2) is 24.3 Å². The SMILES string of the molecule is Cc1nc(Cl)nc(OC2CCCc3ccccc32)c1N. The molecular weight excluding hydrogens is 274 g/mol. The fraction of sp³-hybridized carbons (Fsp3) is 0.333. The average Bonchev–Trinajstić information content (AvgIpc) is 2.44. The zero-order valence-corrected chi connectivity index (χ0v) is 12.0. The van der Waals surface area contributed by atoms with E-state index in [1.165, 1.54) is 11.1 Å². The van der Waals surface area contributed by atoms with Crippen molar-refractivity contribution in [2.75, 3.05) is 5.73 Å². The average molecular weight is 290 g/mol. The molecule has 0 amide bonds. The Morgan fingerprint density at radius 1 is 1.30 bits per heavy atom. The number of anilines is 1. The molecule has 1 aromatic carbocycles. The molecule has 3 rings (SSSR count). The van der Waals surface area contributed by atoms with Crippen LogP contribution < -0.4 is 10.5 Å². The standard InChI is InChI=1S/C15H16ClN3O/c1-9-13(17)14(19-15(16)18-9)20-12-8-4-6-10-5-2-3-7-11(10)12/h2-3,5,7,12H,4,6,8,17H2,1H3. The lowest BCUT2D eigenvalue weighted by Gasteiger charge is -2.26. The van der Waals surface area contributed by atoms with Gasteiger partial charge in [-0.3, -0.25) is 0 Å². The fourth-order valence-corrected chi connectivity index (χ4v) is 2.78. The van der Waals surface area contributed by atoms with E-state index in [2.05, 4.69) is 28.2 Å². The van der Waals surface area contributed by atoms with Crippen molar-refractivity contribution in [1.29, 1.82) is 0 Å². The number of fused-ring (bicyclic) bond motifs is 1. The third-order valence-corrected chi connectivity index (χ3v) is 3.81. The Morgan fingerprint density at radius 2 is 2.10 bits per heavy atom. The van der Waals surface area contributed by atoms with Crippen LogP contribution >= 0.6 is 11.6 Å². The lowest BCUT2D eigenvalue weighted by molar-refractivity contribution is 0.176. The summed E-state index contributed by atoms with van der Waals surface area (Å²) in [4.78, 5) is 8.13. The van der Waals surface area contributed by atoms with Crippen LogP contribution in [0.5, 0.6) is 5.88 Å². The maximum absolute atomic E-state index is 6.01. The van der Waals surface area contributed by atoms with Gasteiger partial charge in [0.05, 0.1) is 5.69 Å². The van der Waals surface area contributed by atoms with Gasteiger partial charge in [0.2, 0.25) is 11.2 Å². The van der Waals surface area contributed by atoms with Crippen LogP contribution in [0, 0.1) is 6.92 Å². The molecule has 104 valence electrons. The summed E-state index contributed by atoms with van der Waals surface area (Å²) >= 11 is 5.88. The second-order valence-electron chi connectivity index (χ2n) is 4.99. The summed E-state index contributed by atoms with van der Waals surface area (Å²) in [6.45, 7) is 1.80. The van der Waals surface area contributed by atoms with Crippen molar-refractivity contribution in [2.45, 2.75) is 32.3 Å². The summed E-state index contributed by atoms with van der Waals surface area (Å²) in [6, 6.07) is 8.33. The molecule has 0 saturated heterocycles. The number of aryl methyl sites for hydroxylation is 2. The van der Waals surface area contributed by atoms with E-state index in [1.54, 1.807) is 6.92 Å². The summed E-state index contributed by atoms with van der Waals surface area (Å²) < 4.78 is 6.01. The molecule has 1 unspecified atom stereocenters. The van der Waals surface area contributed by atoms with E-state index in [-0.39, 0.29) is 11.4 Å². The largest absolute Gasteiger partial charge is 0.468 e. The van der Waals surface area contributed by atoms with E-state index in [0.717, 1.165) is 19.3 Å². The number of nitrogen functional groups attached to an aromatic ring is 1. The van der Waals surface area contributed by atoms with Crippen LogP contribution in [-0.4, -0.2) is 9.97 Å². The number of hydrogen-bond acceptors (Lipinski definition) is 4. The van der Waals surface area contributed by atoms with Gasteiger partial charge < -0.3 is 10.5 Å². The number of hydrogen-bond donors (Lipinski definition) is 1. The molecule has 5 heteroatoms. The molecule has 0 aliphatic heterocycles. The minimum atomic E-state index is -0.0207. The highest BCUT2D eigenvalue weighted by atomic mass is 35.5. The first-order chi connectivity index (χ1) is 9.65. The molecule has 0 fully saturated rings. The number of ether oxygens (including phenoxy) is 1. The first kappa shape index (κ1) is 13.2. The predicted octanol–water partition coefficient (Wildman–Crippen LogP) is 3.48. The highest BCUT2D eigenvalue weighted by Gasteiger charge is 2.23. The van der Waals surface area contributed by atoms with E-state index in [0.29, 0.717) is 17.3 Å². The zero-order valence-electron chi connectivity index (χ0n) is 11.3. The van der Waals surface area contributed by atoms with Gasteiger partial charge in [0.15, 0.2) is 0 Å². The Morgan fingerprint density at radius 3 is 2.95 bits per heavy atom. The predicted molar refractivity (Wildman–Crippen MR) is 78.9 cm³/mol. The fourth-order valence-electron chi connectivity index (χ4n) is 2.58. The molecule has 1 aliphatic rings. The van der Waals surface area contributed by atoms with Gasteiger partial charge >= 0.3 is 0 Å². The van der Waals surface area contributed by atoms with Gasteiger partial charge in [0.1, 0.15) is 11.8 Å². The first-order valence-electron chi connectivity index (χ1n) is 6.69. The Hall–Kier alpha value is -1.81. The monoisotopic (exact) mass is 289 g/mol. The van der Waals surface area contributed by atoms with Crippen LogP contribution in [0.3, 0.4) is 0 Å². The Labute approximate surface area is 123 Å². The topological polar surface area (TPSA) is 61.0 Å². The lowest BCUT2D eigenvalue weighted by Crippen LogP contribution is -2.16. The number of benzene rings is 1. The minimum absolute atomic E-state index is 0.0207. The van der Waals surface area contributed by atoms with Crippen molar-refractivity contribution in [3.63, 3.8) is 0 Å². The van der Waals surface area contributed by atoms with Gasteiger partial charge in [-0.2, -0.15) is 4.98 Å². The van der Waals surface area contributed by atoms with E-state index in [9.17, 15) is 0 Å². The molecule has 1 aromatic heterocycles.